The number of carboxylic acid groups (broad SMARTS) is 1. The van der Waals surface area contributed by atoms with Crippen molar-refractivity contribution in [1.82, 2.24) is 0 Å². The number of nitrogens with two attached hydrogens (primary N) is 1. The minimum atomic E-state index is -0.643. The van der Waals surface area contributed by atoms with Crippen molar-refractivity contribution in [3.05, 3.63) is 0 Å². The van der Waals surface area contributed by atoms with Gasteiger partial charge in [-0.2, -0.15) is 0 Å². The molecule has 0 aromatic rings. The van der Waals surface area contributed by atoms with E-state index in [2.05, 4.69) is 6.92 Å². The smallest absolute Gasteiger partial charge is 0.306 e. The van der Waals surface area contributed by atoms with Crippen molar-refractivity contribution >= 4 is 5.97 Å². The van der Waals surface area contributed by atoms with Crippen molar-refractivity contribution in [2.45, 2.75) is 39.5 Å². The van der Waals surface area contributed by atoms with E-state index in [9.17, 15) is 4.79 Å². The van der Waals surface area contributed by atoms with Crippen LogP contribution in [-0.4, -0.2) is 29.3 Å². The molecule has 0 saturated carbocycles. The Morgan fingerprint density at radius 1 is 1.43 bits per heavy atom. The summed E-state index contributed by atoms with van der Waals surface area (Å²) in [5.41, 5.74) is 4.78. The van der Waals surface area contributed by atoms with Crippen LogP contribution in [0.2, 0.25) is 0 Å². The molecule has 0 aromatic heterocycles. The van der Waals surface area contributed by atoms with Crippen LogP contribution in [0.3, 0.4) is 0 Å². The monoisotopic (exact) mass is 205 g/mol. The Hall–Kier alpha value is -0.610. The van der Waals surface area contributed by atoms with Crippen molar-refractivity contribution in [1.29, 1.82) is 0 Å². The maximum Gasteiger partial charge on any atom is 0.306 e. The SMILES string of the molecule is CCCCC(CC)C(=O)O.NCCO. The molecule has 0 aliphatic rings. The Kier molecular flexibility index (Phi) is 14.0. The van der Waals surface area contributed by atoms with Gasteiger partial charge in [-0.15, -0.1) is 0 Å². The quantitative estimate of drug-likeness (QED) is 0.609. The lowest BCUT2D eigenvalue weighted by Crippen LogP contribution is -2.11. The maximum atomic E-state index is 10.4. The van der Waals surface area contributed by atoms with Gasteiger partial charge in [-0.1, -0.05) is 26.7 Å². The highest BCUT2D eigenvalue weighted by Gasteiger charge is 2.12. The van der Waals surface area contributed by atoms with Gasteiger partial charge in [-0.25, -0.2) is 0 Å². The summed E-state index contributed by atoms with van der Waals surface area (Å²) in [6, 6.07) is 0. The lowest BCUT2D eigenvalue weighted by atomic mass is 10.00. The second-order valence-corrected chi connectivity index (χ2v) is 3.10. The zero-order valence-corrected chi connectivity index (χ0v) is 9.20. The number of rotatable bonds is 6. The van der Waals surface area contributed by atoms with E-state index in [1.54, 1.807) is 0 Å². The molecule has 0 heterocycles. The number of aliphatic hydroxyl groups is 1. The van der Waals surface area contributed by atoms with Gasteiger partial charge in [0.05, 0.1) is 12.5 Å². The van der Waals surface area contributed by atoms with Crippen LogP contribution in [0.4, 0.5) is 0 Å². The summed E-state index contributed by atoms with van der Waals surface area (Å²) in [7, 11) is 0. The lowest BCUT2D eigenvalue weighted by Gasteiger charge is -2.06. The number of aliphatic hydroxyl groups excluding tert-OH is 1. The molecule has 1 atom stereocenters. The van der Waals surface area contributed by atoms with Gasteiger partial charge < -0.3 is 15.9 Å². The highest BCUT2D eigenvalue weighted by Crippen LogP contribution is 2.11. The molecule has 0 bridgehead atoms. The van der Waals surface area contributed by atoms with Crippen LogP contribution >= 0.6 is 0 Å². The molecule has 0 radical (unpaired) electrons. The van der Waals surface area contributed by atoms with Crippen LogP contribution in [0.25, 0.3) is 0 Å². The summed E-state index contributed by atoms with van der Waals surface area (Å²) >= 11 is 0. The Labute approximate surface area is 86.1 Å². The van der Waals surface area contributed by atoms with Crippen LogP contribution < -0.4 is 5.73 Å². The fourth-order valence-electron chi connectivity index (χ4n) is 0.953. The van der Waals surface area contributed by atoms with E-state index in [1.165, 1.54) is 0 Å². The zero-order valence-electron chi connectivity index (χ0n) is 9.20. The van der Waals surface area contributed by atoms with Crippen LogP contribution in [0.15, 0.2) is 0 Å². The summed E-state index contributed by atoms with van der Waals surface area (Å²) in [5.74, 6) is -0.754. The normalized spacial score (nSPS) is 11.4. The predicted molar refractivity (Wildman–Crippen MR) is 57.1 cm³/mol. The Bertz CT molecular complexity index is 127. The fraction of sp³-hybridized carbons (Fsp3) is 0.900. The topological polar surface area (TPSA) is 83.5 Å². The molecule has 0 saturated heterocycles. The average molecular weight is 205 g/mol. The summed E-state index contributed by atoms with van der Waals surface area (Å²) < 4.78 is 0. The molecule has 14 heavy (non-hydrogen) atoms. The Morgan fingerprint density at radius 2 is 1.93 bits per heavy atom. The molecule has 0 fully saturated rings. The van der Waals surface area contributed by atoms with Crippen molar-refractivity contribution < 1.29 is 15.0 Å². The molecule has 4 heteroatoms. The van der Waals surface area contributed by atoms with Gasteiger partial charge in [0.25, 0.3) is 0 Å². The molecule has 1 unspecified atom stereocenters. The summed E-state index contributed by atoms with van der Waals surface area (Å²) in [6.45, 7) is 4.48. The first-order chi connectivity index (χ1) is 6.63. The molecular formula is C10H23NO3. The molecule has 0 spiro atoms. The van der Waals surface area contributed by atoms with Crippen molar-refractivity contribution in [2.75, 3.05) is 13.2 Å². The van der Waals surface area contributed by atoms with E-state index in [0.29, 0.717) is 6.54 Å². The van der Waals surface area contributed by atoms with E-state index < -0.39 is 5.97 Å². The number of carboxylic acids is 1. The third-order valence-corrected chi connectivity index (χ3v) is 1.88. The van der Waals surface area contributed by atoms with E-state index in [0.717, 1.165) is 25.7 Å². The first-order valence-electron chi connectivity index (χ1n) is 5.17. The van der Waals surface area contributed by atoms with Crippen LogP contribution in [0.1, 0.15) is 39.5 Å². The molecule has 0 aliphatic carbocycles. The number of carbonyl (C=O) groups is 1. The number of hydrogen-bond donors (Lipinski definition) is 3. The molecule has 4 nitrogen and oxygen atoms in total. The van der Waals surface area contributed by atoms with Crippen LogP contribution in [0.5, 0.6) is 0 Å². The molecule has 86 valence electrons. The standard InChI is InChI=1S/C8H16O2.C2H7NO/c1-3-5-6-7(4-2)8(9)10;3-1-2-4/h7H,3-6H2,1-2H3,(H,9,10);4H,1-3H2. The van der Waals surface area contributed by atoms with E-state index in [-0.39, 0.29) is 12.5 Å². The predicted octanol–water partition coefficient (Wildman–Crippen LogP) is 1.22. The highest BCUT2D eigenvalue weighted by atomic mass is 16.4. The summed E-state index contributed by atoms with van der Waals surface area (Å²) in [5, 5.41) is 16.3. The van der Waals surface area contributed by atoms with Gasteiger partial charge in [-0.05, 0) is 12.8 Å². The van der Waals surface area contributed by atoms with Gasteiger partial charge in [0.1, 0.15) is 0 Å². The Balaban J connectivity index is 0. The Morgan fingerprint density at radius 3 is 2.14 bits per heavy atom. The molecule has 0 aromatic carbocycles. The molecular weight excluding hydrogens is 182 g/mol. The second kappa shape index (κ2) is 12.4. The third kappa shape index (κ3) is 11.4. The van der Waals surface area contributed by atoms with Gasteiger partial charge in [0.2, 0.25) is 0 Å². The number of hydrogen-bond acceptors (Lipinski definition) is 3. The van der Waals surface area contributed by atoms with E-state index in [1.807, 2.05) is 6.92 Å². The van der Waals surface area contributed by atoms with E-state index >= 15 is 0 Å². The van der Waals surface area contributed by atoms with Crippen LogP contribution in [0, 0.1) is 5.92 Å². The van der Waals surface area contributed by atoms with Gasteiger partial charge in [0.15, 0.2) is 0 Å². The zero-order chi connectivity index (χ0) is 11.4. The lowest BCUT2D eigenvalue weighted by molar-refractivity contribution is -0.142. The average Bonchev–Trinajstić information content (AvgIpc) is 2.19. The largest absolute Gasteiger partial charge is 0.481 e. The van der Waals surface area contributed by atoms with Gasteiger partial charge >= 0.3 is 5.97 Å². The summed E-state index contributed by atoms with van der Waals surface area (Å²) in [4.78, 5) is 10.4. The maximum absolute atomic E-state index is 10.4. The van der Waals surface area contributed by atoms with Crippen molar-refractivity contribution in [3.63, 3.8) is 0 Å². The highest BCUT2D eigenvalue weighted by molar-refractivity contribution is 5.69. The summed E-state index contributed by atoms with van der Waals surface area (Å²) in [6.07, 6.45) is 3.71. The minimum absolute atomic E-state index is 0.0972. The van der Waals surface area contributed by atoms with E-state index in [4.69, 9.17) is 15.9 Å². The second-order valence-electron chi connectivity index (χ2n) is 3.10. The minimum Gasteiger partial charge on any atom is -0.481 e. The van der Waals surface area contributed by atoms with Crippen molar-refractivity contribution in [2.24, 2.45) is 11.7 Å². The molecule has 0 amide bonds. The van der Waals surface area contributed by atoms with Crippen molar-refractivity contribution in [3.8, 4) is 0 Å². The first kappa shape index (κ1) is 15.8. The molecule has 0 aliphatic heterocycles. The van der Waals surface area contributed by atoms with Gasteiger partial charge in [0, 0.05) is 6.54 Å². The molecule has 4 N–H and O–H groups in total. The fourth-order valence-corrected chi connectivity index (χ4v) is 0.953. The van der Waals surface area contributed by atoms with Gasteiger partial charge in [-0.3, -0.25) is 4.79 Å². The molecule has 0 rings (SSSR count). The third-order valence-electron chi connectivity index (χ3n) is 1.88. The first-order valence-corrected chi connectivity index (χ1v) is 5.17. The number of aliphatic carboxylic acids is 1. The number of unbranched alkanes of at least 4 members (excludes halogenated alkanes) is 1. The van der Waals surface area contributed by atoms with Crippen LogP contribution in [-0.2, 0) is 4.79 Å².